The van der Waals surface area contributed by atoms with E-state index in [1.54, 1.807) is 25.1 Å². The number of carbonyl (C=O) groups is 3. The van der Waals surface area contributed by atoms with Gasteiger partial charge in [-0.2, -0.15) is 0 Å². The Morgan fingerprint density at radius 2 is 1.98 bits per heavy atom. The van der Waals surface area contributed by atoms with Crippen LogP contribution in [0.25, 0.3) is 21.4 Å². The maximum atomic E-state index is 14.1. The Hall–Kier alpha value is -3.46. The number of fused-ring (bicyclic) bond motifs is 1. The van der Waals surface area contributed by atoms with Crippen LogP contribution in [0.15, 0.2) is 40.8 Å². The Kier molecular flexibility index (Phi) is 9.39. The summed E-state index contributed by atoms with van der Waals surface area (Å²) >= 11 is 1.28. The van der Waals surface area contributed by atoms with Crippen molar-refractivity contribution >= 4 is 50.0 Å². The van der Waals surface area contributed by atoms with Crippen LogP contribution in [0, 0.1) is 0 Å². The first-order valence-electron chi connectivity index (χ1n) is 14.3. The molecule has 0 saturated carbocycles. The van der Waals surface area contributed by atoms with Crippen molar-refractivity contribution in [3.05, 3.63) is 47.0 Å². The van der Waals surface area contributed by atoms with Gasteiger partial charge in [0, 0.05) is 54.9 Å². The number of nitrogens with zero attached hydrogens (tertiary/aromatic N) is 1. The monoisotopic (exact) mass is 632 g/mol. The molecule has 2 saturated heterocycles. The molecule has 0 radical (unpaired) electrons. The summed E-state index contributed by atoms with van der Waals surface area (Å²) in [5.41, 5.74) is 3.77. The minimum atomic E-state index is -3.93. The van der Waals surface area contributed by atoms with E-state index in [4.69, 9.17) is 14.0 Å². The van der Waals surface area contributed by atoms with Crippen molar-refractivity contribution in [3.63, 3.8) is 0 Å². The van der Waals surface area contributed by atoms with Crippen molar-refractivity contribution < 1.29 is 36.8 Å². The van der Waals surface area contributed by atoms with Crippen LogP contribution >= 0.6 is 11.3 Å². The standard InChI is InChI=1S/C29H36N4O8S2/c1-3-31-28(36)33-12-11-29(43(37,38)15-13-33,18-25(34)32-41-26-6-4-5-14-39-26)24-10-9-23(42-24)19-7-8-21-20(16-19)17-22(40-21)27(35)30-2/h7-10,16-17,26H,3-6,11-15,18H2,1-2H3,(H,30,35)(H,31,36)(H,32,34). The molecule has 4 amide bonds. The number of hydrogen-bond acceptors (Lipinski definition) is 9. The minimum Gasteiger partial charge on any atom is -0.451 e. The van der Waals surface area contributed by atoms with E-state index in [0.29, 0.717) is 30.0 Å². The fraction of sp³-hybridized carbons (Fsp3) is 0.483. The van der Waals surface area contributed by atoms with E-state index in [-0.39, 0.29) is 49.4 Å². The van der Waals surface area contributed by atoms with Crippen LogP contribution in [0.5, 0.6) is 0 Å². The molecule has 3 N–H and O–H groups in total. The molecule has 1 aromatic carbocycles. The van der Waals surface area contributed by atoms with E-state index in [1.807, 2.05) is 18.2 Å². The Balaban J connectivity index is 1.47. The van der Waals surface area contributed by atoms with Gasteiger partial charge in [-0.1, -0.05) is 0 Å². The third-order valence-electron chi connectivity index (χ3n) is 7.82. The summed E-state index contributed by atoms with van der Waals surface area (Å²) in [6.07, 6.45) is 1.54. The van der Waals surface area contributed by atoms with Crippen molar-refractivity contribution in [3.8, 4) is 10.4 Å². The van der Waals surface area contributed by atoms with E-state index in [2.05, 4.69) is 16.1 Å². The largest absolute Gasteiger partial charge is 0.451 e. The number of hydroxylamine groups is 1. The lowest BCUT2D eigenvalue weighted by Crippen LogP contribution is -2.43. The summed E-state index contributed by atoms with van der Waals surface area (Å²) in [7, 11) is -2.40. The Labute approximate surface area is 253 Å². The van der Waals surface area contributed by atoms with E-state index in [9.17, 15) is 22.8 Å². The second-order valence-electron chi connectivity index (χ2n) is 10.6. The fourth-order valence-corrected chi connectivity index (χ4v) is 9.04. The highest BCUT2D eigenvalue weighted by Crippen LogP contribution is 2.45. The number of amides is 4. The van der Waals surface area contributed by atoms with Gasteiger partial charge in [-0.15, -0.1) is 11.3 Å². The maximum absolute atomic E-state index is 14.1. The average molecular weight is 633 g/mol. The highest BCUT2D eigenvalue weighted by atomic mass is 32.2. The van der Waals surface area contributed by atoms with Gasteiger partial charge in [0.2, 0.25) is 5.91 Å². The zero-order valence-corrected chi connectivity index (χ0v) is 25.8. The molecule has 4 heterocycles. The number of nitrogens with one attached hydrogen (secondary N) is 3. The molecular formula is C29H36N4O8S2. The van der Waals surface area contributed by atoms with Gasteiger partial charge in [-0.3, -0.25) is 9.59 Å². The van der Waals surface area contributed by atoms with E-state index in [0.717, 1.165) is 28.7 Å². The van der Waals surface area contributed by atoms with Crippen LogP contribution in [-0.4, -0.2) is 76.5 Å². The van der Waals surface area contributed by atoms with E-state index < -0.39 is 26.8 Å². The average Bonchev–Trinajstić information content (AvgIpc) is 3.64. The Morgan fingerprint density at radius 3 is 2.72 bits per heavy atom. The number of benzene rings is 1. The lowest BCUT2D eigenvalue weighted by Gasteiger charge is -2.31. The highest BCUT2D eigenvalue weighted by molar-refractivity contribution is 7.92. The van der Waals surface area contributed by atoms with Crippen LogP contribution in [0.2, 0.25) is 0 Å². The summed E-state index contributed by atoms with van der Waals surface area (Å²) in [6, 6.07) is 10.4. The van der Waals surface area contributed by atoms with Gasteiger partial charge < -0.3 is 24.7 Å². The molecule has 232 valence electrons. The summed E-state index contributed by atoms with van der Waals surface area (Å²) in [5.74, 6) is -1.02. The van der Waals surface area contributed by atoms with Crippen LogP contribution in [-0.2, 0) is 29.0 Å². The first-order chi connectivity index (χ1) is 20.7. The van der Waals surface area contributed by atoms with Gasteiger partial charge in [-0.25, -0.2) is 23.5 Å². The van der Waals surface area contributed by atoms with Crippen molar-refractivity contribution in [1.29, 1.82) is 0 Å². The molecule has 2 aliphatic rings. The van der Waals surface area contributed by atoms with Crippen molar-refractivity contribution in [2.45, 2.75) is 50.1 Å². The molecule has 14 heteroatoms. The van der Waals surface area contributed by atoms with Crippen molar-refractivity contribution in [1.82, 2.24) is 21.0 Å². The number of sulfone groups is 1. The maximum Gasteiger partial charge on any atom is 0.317 e. The number of ether oxygens (including phenoxy) is 1. The number of rotatable bonds is 8. The number of furan rings is 1. The predicted molar refractivity (Wildman–Crippen MR) is 161 cm³/mol. The lowest BCUT2D eigenvalue weighted by atomic mass is 9.97. The molecule has 2 aromatic heterocycles. The summed E-state index contributed by atoms with van der Waals surface area (Å²) in [6.45, 7) is 2.92. The third kappa shape index (κ3) is 6.56. The van der Waals surface area contributed by atoms with Gasteiger partial charge in [-0.05, 0) is 68.1 Å². The molecule has 3 aromatic rings. The normalized spacial score (nSPS) is 22.1. The highest BCUT2D eigenvalue weighted by Gasteiger charge is 2.50. The number of hydrogen-bond donors (Lipinski definition) is 3. The van der Waals surface area contributed by atoms with Crippen LogP contribution in [0.4, 0.5) is 4.79 Å². The van der Waals surface area contributed by atoms with Gasteiger partial charge in [0.15, 0.2) is 21.9 Å². The Bertz CT molecular complexity index is 1590. The predicted octanol–water partition coefficient (Wildman–Crippen LogP) is 3.53. The van der Waals surface area contributed by atoms with E-state index in [1.165, 1.54) is 23.3 Å². The fourth-order valence-electron chi connectivity index (χ4n) is 5.44. The number of thiophene rings is 1. The molecular weight excluding hydrogens is 596 g/mol. The SMILES string of the molecule is CCNC(=O)N1CCC(CC(=O)NOC2CCCCO2)(c2ccc(-c3ccc4oc(C(=O)NC)cc4c3)s2)S(=O)(=O)CC1. The lowest BCUT2D eigenvalue weighted by molar-refractivity contribution is -0.200. The van der Waals surface area contributed by atoms with Crippen molar-refractivity contribution in [2.24, 2.45) is 0 Å². The van der Waals surface area contributed by atoms with Crippen LogP contribution < -0.4 is 16.1 Å². The number of carbonyl (C=O) groups excluding carboxylic acids is 3. The molecule has 2 unspecified atom stereocenters. The van der Waals surface area contributed by atoms with E-state index >= 15 is 0 Å². The molecule has 2 fully saturated rings. The van der Waals surface area contributed by atoms with Gasteiger partial charge in [0.1, 0.15) is 10.3 Å². The zero-order chi connectivity index (χ0) is 30.6. The molecule has 0 aliphatic carbocycles. The molecule has 12 nitrogen and oxygen atoms in total. The first kappa shape index (κ1) is 31.0. The second-order valence-corrected chi connectivity index (χ2v) is 14.1. The molecule has 2 atom stereocenters. The summed E-state index contributed by atoms with van der Waals surface area (Å²) in [5, 5.41) is 6.00. The van der Waals surface area contributed by atoms with Gasteiger partial charge in [0.05, 0.1) is 12.2 Å². The second kappa shape index (κ2) is 13.0. The van der Waals surface area contributed by atoms with Crippen LogP contribution in [0.1, 0.15) is 54.5 Å². The molecule has 0 spiro atoms. The number of urea groups is 1. The molecule has 0 bridgehead atoms. The van der Waals surface area contributed by atoms with Crippen LogP contribution in [0.3, 0.4) is 0 Å². The third-order valence-corrected chi connectivity index (χ3v) is 11.8. The molecule has 43 heavy (non-hydrogen) atoms. The quantitative estimate of drug-likeness (QED) is 0.319. The topological polar surface area (TPSA) is 156 Å². The smallest absolute Gasteiger partial charge is 0.317 e. The zero-order valence-electron chi connectivity index (χ0n) is 24.1. The summed E-state index contributed by atoms with van der Waals surface area (Å²) in [4.78, 5) is 46.2. The first-order valence-corrected chi connectivity index (χ1v) is 16.8. The minimum absolute atomic E-state index is 0.0208. The molecule has 2 aliphatic heterocycles. The van der Waals surface area contributed by atoms with Crippen molar-refractivity contribution in [2.75, 3.05) is 39.0 Å². The summed E-state index contributed by atoms with van der Waals surface area (Å²) < 4.78 is 37.7. The van der Waals surface area contributed by atoms with Gasteiger partial charge >= 0.3 is 6.03 Å². The van der Waals surface area contributed by atoms with Gasteiger partial charge in [0.25, 0.3) is 5.91 Å². The Morgan fingerprint density at radius 1 is 1.14 bits per heavy atom. The molecule has 5 rings (SSSR count).